The summed E-state index contributed by atoms with van der Waals surface area (Å²) in [5, 5.41) is 4.32. The zero-order valence-corrected chi connectivity index (χ0v) is 9.65. The number of nitrogens with two attached hydrogens (primary N) is 1. The minimum Gasteiger partial charge on any atom is -0.357 e. The lowest BCUT2D eigenvalue weighted by molar-refractivity contribution is -0.0396. The van der Waals surface area contributed by atoms with Gasteiger partial charge in [-0.1, -0.05) is 13.8 Å². The quantitative estimate of drug-likeness (QED) is 0.814. The van der Waals surface area contributed by atoms with Crippen LogP contribution >= 0.6 is 0 Å². The van der Waals surface area contributed by atoms with Crippen molar-refractivity contribution in [2.45, 2.75) is 45.9 Å². The van der Waals surface area contributed by atoms with Gasteiger partial charge in [-0.05, 0) is 25.3 Å². The van der Waals surface area contributed by atoms with Gasteiger partial charge in [0.1, 0.15) is 6.23 Å². The van der Waals surface area contributed by atoms with E-state index in [1.54, 1.807) is 0 Å². The van der Waals surface area contributed by atoms with Crippen molar-refractivity contribution in [3.63, 3.8) is 0 Å². The van der Waals surface area contributed by atoms with E-state index in [0.717, 1.165) is 18.7 Å². The van der Waals surface area contributed by atoms with Crippen LogP contribution in [0.1, 0.15) is 45.0 Å². The number of nitrogens with zero attached hydrogens (tertiary/aromatic N) is 2. The highest BCUT2D eigenvalue weighted by molar-refractivity contribution is 4.98. The van der Waals surface area contributed by atoms with Crippen molar-refractivity contribution >= 4 is 0 Å². The molecule has 15 heavy (non-hydrogen) atoms. The average molecular weight is 211 g/mol. The molecule has 86 valence electrons. The van der Waals surface area contributed by atoms with Gasteiger partial charge in [0.05, 0.1) is 5.69 Å². The smallest absolute Gasteiger partial charge is 0.150 e. The van der Waals surface area contributed by atoms with Crippen molar-refractivity contribution < 1.29 is 4.74 Å². The third-order valence-corrected chi connectivity index (χ3v) is 2.32. The normalized spacial score (nSPS) is 20.6. The monoisotopic (exact) mass is 211 g/mol. The fourth-order valence-corrected chi connectivity index (χ4v) is 1.58. The lowest BCUT2D eigenvalue weighted by atomic mass is 10.2. The number of aromatic nitrogens is 2. The van der Waals surface area contributed by atoms with Gasteiger partial charge >= 0.3 is 0 Å². The van der Waals surface area contributed by atoms with Gasteiger partial charge in [-0.15, -0.1) is 0 Å². The van der Waals surface area contributed by atoms with Gasteiger partial charge in [0.2, 0.25) is 0 Å². The van der Waals surface area contributed by atoms with Gasteiger partial charge in [-0.2, -0.15) is 5.10 Å². The highest BCUT2D eigenvalue weighted by Gasteiger charge is 2.15. The molecule has 0 amide bonds. The lowest BCUT2D eigenvalue weighted by Gasteiger charge is -2.22. The summed E-state index contributed by atoms with van der Waals surface area (Å²) in [6, 6.07) is 1.94. The van der Waals surface area contributed by atoms with Crippen LogP contribution in [-0.2, 0) is 11.3 Å². The van der Waals surface area contributed by atoms with Crippen molar-refractivity contribution in [1.82, 2.24) is 9.78 Å². The molecule has 1 unspecified atom stereocenters. The van der Waals surface area contributed by atoms with Gasteiger partial charge < -0.3 is 10.5 Å². The summed E-state index contributed by atoms with van der Waals surface area (Å²) in [6.45, 7) is 5.35. The van der Waals surface area contributed by atoms with Crippen LogP contribution < -0.4 is 5.73 Å². The molecular formula is C11H21N3O. The second kappa shape index (κ2) is 6.58. The van der Waals surface area contributed by atoms with Crippen LogP contribution in [0.3, 0.4) is 0 Å². The molecule has 2 heterocycles. The Bertz CT molecular complexity index is 267. The van der Waals surface area contributed by atoms with E-state index in [1.165, 1.54) is 12.8 Å². The first-order valence-corrected chi connectivity index (χ1v) is 5.76. The second-order valence-electron chi connectivity index (χ2n) is 3.31. The SMILES string of the molecule is CC.NCc1ccn(C2CCCCO2)n1. The molecule has 1 saturated heterocycles. The average Bonchev–Trinajstić information content (AvgIpc) is 2.81. The molecule has 1 aromatic heterocycles. The number of ether oxygens (including phenoxy) is 1. The molecule has 1 aliphatic rings. The van der Waals surface area contributed by atoms with Crippen LogP contribution in [0.25, 0.3) is 0 Å². The standard InChI is InChI=1S/C9H15N3O.C2H6/c10-7-8-4-5-12(11-8)9-3-1-2-6-13-9;1-2/h4-5,9H,1-3,6-7,10H2;1-2H3. The van der Waals surface area contributed by atoms with Crippen molar-refractivity contribution in [2.75, 3.05) is 6.61 Å². The van der Waals surface area contributed by atoms with Crippen LogP contribution in [0.2, 0.25) is 0 Å². The second-order valence-corrected chi connectivity index (χ2v) is 3.31. The van der Waals surface area contributed by atoms with E-state index in [0.29, 0.717) is 6.54 Å². The first kappa shape index (κ1) is 12.2. The molecule has 0 aromatic carbocycles. The maximum absolute atomic E-state index is 5.58. The molecule has 2 N–H and O–H groups in total. The fraction of sp³-hybridized carbons (Fsp3) is 0.727. The Morgan fingerprint density at radius 3 is 2.87 bits per heavy atom. The summed E-state index contributed by atoms with van der Waals surface area (Å²) in [5.74, 6) is 0. The molecule has 0 radical (unpaired) electrons. The summed E-state index contributed by atoms with van der Waals surface area (Å²) in [5.41, 5.74) is 6.40. The molecule has 0 aliphatic carbocycles. The van der Waals surface area contributed by atoms with E-state index in [4.69, 9.17) is 10.5 Å². The van der Waals surface area contributed by atoms with Gasteiger partial charge in [-0.3, -0.25) is 0 Å². The topological polar surface area (TPSA) is 53.1 Å². The maximum Gasteiger partial charge on any atom is 0.150 e. The predicted molar refractivity (Wildman–Crippen MR) is 60.3 cm³/mol. The van der Waals surface area contributed by atoms with E-state index in [2.05, 4.69) is 5.10 Å². The Morgan fingerprint density at radius 1 is 1.53 bits per heavy atom. The Morgan fingerprint density at radius 2 is 2.33 bits per heavy atom. The van der Waals surface area contributed by atoms with E-state index >= 15 is 0 Å². The van der Waals surface area contributed by atoms with E-state index < -0.39 is 0 Å². The summed E-state index contributed by atoms with van der Waals surface area (Å²) in [7, 11) is 0. The van der Waals surface area contributed by atoms with Gasteiger partial charge in [0.15, 0.2) is 0 Å². The maximum atomic E-state index is 5.58. The molecule has 4 nitrogen and oxygen atoms in total. The van der Waals surface area contributed by atoms with E-state index in [9.17, 15) is 0 Å². The highest BCUT2D eigenvalue weighted by Crippen LogP contribution is 2.21. The van der Waals surface area contributed by atoms with E-state index in [1.807, 2.05) is 30.8 Å². The molecule has 1 atom stereocenters. The summed E-state index contributed by atoms with van der Waals surface area (Å²) in [4.78, 5) is 0. The molecular weight excluding hydrogens is 190 g/mol. The third kappa shape index (κ3) is 3.32. The fourth-order valence-electron chi connectivity index (χ4n) is 1.58. The first-order valence-electron chi connectivity index (χ1n) is 5.76. The minimum absolute atomic E-state index is 0.133. The van der Waals surface area contributed by atoms with Crippen LogP contribution in [0.4, 0.5) is 0 Å². The molecule has 0 saturated carbocycles. The number of hydrogen-bond acceptors (Lipinski definition) is 3. The van der Waals surface area contributed by atoms with Crippen molar-refractivity contribution in [3.8, 4) is 0 Å². The zero-order chi connectivity index (χ0) is 11.1. The molecule has 1 aliphatic heterocycles. The van der Waals surface area contributed by atoms with Crippen LogP contribution in [0.5, 0.6) is 0 Å². The molecule has 0 bridgehead atoms. The van der Waals surface area contributed by atoms with Gasteiger partial charge in [0, 0.05) is 19.3 Å². The lowest BCUT2D eigenvalue weighted by Crippen LogP contribution is -2.18. The third-order valence-electron chi connectivity index (χ3n) is 2.32. The van der Waals surface area contributed by atoms with Crippen molar-refractivity contribution in [2.24, 2.45) is 5.73 Å². The number of hydrogen-bond donors (Lipinski definition) is 1. The summed E-state index contributed by atoms with van der Waals surface area (Å²) >= 11 is 0. The first-order chi connectivity index (χ1) is 7.40. The molecule has 0 spiro atoms. The minimum atomic E-state index is 0.133. The van der Waals surface area contributed by atoms with E-state index in [-0.39, 0.29) is 6.23 Å². The summed E-state index contributed by atoms with van der Waals surface area (Å²) < 4.78 is 7.46. The van der Waals surface area contributed by atoms with Crippen LogP contribution in [-0.4, -0.2) is 16.4 Å². The van der Waals surface area contributed by atoms with Gasteiger partial charge in [0.25, 0.3) is 0 Å². The van der Waals surface area contributed by atoms with Crippen LogP contribution in [0, 0.1) is 0 Å². The number of rotatable bonds is 2. The Labute approximate surface area is 91.4 Å². The molecule has 1 fully saturated rings. The Balaban J connectivity index is 0.000000531. The molecule has 4 heteroatoms. The van der Waals surface area contributed by atoms with Crippen LogP contribution in [0.15, 0.2) is 12.3 Å². The highest BCUT2D eigenvalue weighted by atomic mass is 16.5. The Kier molecular flexibility index (Phi) is 5.36. The molecule has 1 aromatic rings. The largest absolute Gasteiger partial charge is 0.357 e. The predicted octanol–water partition coefficient (Wildman–Crippen LogP) is 2.07. The summed E-state index contributed by atoms with van der Waals surface area (Å²) in [6.07, 6.45) is 5.53. The molecule has 2 rings (SSSR count). The zero-order valence-electron chi connectivity index (χ0n) is 9.65. The van der Waals surface area contributed by atoms with Gasteiger partial charge in [-0.25, -0.2) is 4.68 Å². The Hall–Kier alpha value is -0.870. The van der Waals surface area contributed by atoms with Crippen molar-refractivity contribution in [1.29, 1.82) is 0 Å². The van der Waals surface area contributed by atoms with Crippen molar-refractivity contribution in [3.05, 3.63) is 18.0 Å².